The van der Waals surface area contributed by atoms with Crippen LogP contribution in [0.3, 0.4) is 0 Å². The fourth-order valence-corrected chi connectivity index (χ4v) is 5.33. The van der Waals surface area contributed by atoms with E-state index in [2.05, 4.69) is 45.0 Å². The van der Waals surface area contributed by atoms with Crippen molar-refractivity contribution in [2.75, 3.05) is 11.9 Å². The number of amides is 1. The Hall–Kier alpha value is -3.91. The van der Waals surface area contributed by atoms with E-state index in [4.69, 9.17) is 16.6 Å². The first kappa shape index (κ1) is 24.8. The zero-order valence-corrected chi connectivity index (χ0v) is 22.1. The number of carbonyl (C=O) groups excluding carboxylic acids is 1. The van der Waals surface area contributed by atoms with Crippen LogP contribution in [0.15, 0.2) is 77.5 Å². The van der Waals surface area contributed by atoms with Gasteiger partial charge in [-0.3, -0.25) is 9.78 Å². The Labute approximate surface area is 222 Å². The molecule has 190 valence electrons. The van der Waals surface area contributed by atoms with Crippen LogP contribution in [-0.4, -0.2) is 32.0 Å². The molecule has 4 aromatic rings. The van der Waals surface area contributed by atoms with Crippen LogP contribution in [0.25, 0.3) is 0 Å². The summed E-state index contributed by atoms with van der Waals surface area (Å²) in [4.78, 5) is 19.6. The number of carbonyl (C=O) groups is 1. The molecule has 1 amide bonds. The second-order valence-electron chi connectivity index (χ2n) is 9.48. The predicted octanol–water partition coefficient (Wildman–Crippen LogP) is 5.45. The summed E-state index contributed by atoms with van der Waals surface area (Å²) in [6.07, 6.45) is 3.81. The number of pyridine rings is 1. The van der Waals surface area contributed by atoms with Crippen LogP contribution in [0.4, 0.5) is 5.69 Å². The maximum absolute atomic E-state index is 12.8. The van der Waals surface area contributed by atoms with Crippen molar-refractivity contribution in [3.8, 4) is 0 Å². The van der Waals surface area contributed by atoms with Crippen LogP contribution in [0.5, 0.6) is 0 Å². The minimum absolute atomic E-state index is 0.0463. The molecule has 0 saturated carbocycles. The predicted molar refractivity (Wildman–Crippen MR) is 148 cm³/mol. The second-order valence-corrected chi connectivity index (χ2v) is 9.86. The molecule has 4 heterocycles. The Balaban J connectivity index is 1.42. The average Bonchev–Trinajstić information content (AvgIpc) is 3.60. The first-order valence-corrected chi connectivity index (χ1v) is 12.8. The van der Waals surface area contributed by atoms with Crippen LogP contribution in [-0.2, 0) is 11.3 Å². The van der Waals surface area contributed by atoms with Gasteiger partial charge in [-0.1, -0.05) is 23.8 Å². The molecule has 2 N–H and O–H groups in total. The third kappa shape index (κ3) is 5.29. The topological polar surface area (TPSA) is 75.3 Å². The Morgan fingerprint density at radius 2 is 1.92 bits per heavy atom. The number of anilines is 1. The van der Waals surface area contributed by atoms with Gasteiger partial charge in [0.25, 0.3) is 0 Å². The van der Waals surface area contributed by atoms with Gasteiger partial charge < -0.3 is 24.5 Å². The summed E-state index contributed by atoms with van der Waals surface area (Å²) in [5.74, 6) is 0.856. The highest BCUT2D eigenvalue weighted by molar-refractivity contribution is 7.80. The molecule has 1 aliphatic rings. The molecular weight excluding hydrogens is 482 g/mol. The quantitative estimate of drug-likeness (QED) is 0.305. The van der Waals surface area contributed by atoms with Crippen molar-refractivity contribution in [2.24, 2.45) is 0 Å². The van der Waals surface area contributed by atoms with Gasteiger partial charge in [0.1, 0.15) is 5.76 Å². The molecule has 7 nitrogen and oxygen atoms in total. The van der Waals surface area contributed by atoms with Crippen LogP contribution >= 0.6 is 12.2 Å². The highest BCUT2D eigenvalue weighted by atomic mass is 32.1. The summed E-state index contributed by atoms with van der Waals surface area (Å²) < 4.78 is 7.87. The standard InChI is InChI=1S/C29H31N5O2S/c1-19-9-11-22(12-10-19)31-26(35)13-15-33-28(27(32-29(33)37)25-8-4-5-14-30-25)24-17-20(2)34(21(24)3)18-23-7-6-16-36-23/h4-12,14,16-17,27-28H,13,15,18H2,1-3H3,(H,31,35)(H,32,37)/t27-,28-/m0/s1. The minimum atomic E-state index is -0.133. The van der Waals surface area contributed by atoms with E-state index in [0.29, 0.717) is 24.6 Å². The summed E-state index contributed by atoms with van der Waals surface area (Å²) in [5, 5.41) is 7.11. The summed E-state index contributed by atoms with van der Waals surface area (Å²) in [6, 6.07) is 19.6. The molecule has 1 fully saturated rings. The van der Waals surface area contributed by atoms with Crippen molar-refractivity contribution >= 4 is 28.9 Å². The number of aromatic nitrogens is 2. The second kappa shape index (κ2) is 10.6. The fourth-order valence-electron chi connectivity index (χ4n) is 5.00. The Morgan fingerprint density at radius 1 is 1.11 bits per heavy atom. The minimum Gasteiger partial charge on any atom is -0.467 e. The molecule has 0 radical (unpaired) electrons. The summed E-state index contributed by atoms with van der Waals surface area (Å²) >= 11 is 5.80. The van der Waals surface area contributed by atoms with Gasteiger partial charge in [0.15, 0.2) is 5.11 Å². The molecule has 0 aliphatic carbocycles. The average molecular weight is 514 g/mol. The van der Waals surface area contributed by atoms with Crippen LogP contribution < -0.4 is 10.6 Å². The highest BCUT2D eigenvalue weighted by Gasteiger charge is 2.41. The van der Waals surface area contributed by atoms with Gasteiger partial charge in [0.05, 0.1) is 30.6 Å². The van der Waals surface area contributed by atoms with E-state index in [9.17, 15) is 4.79 Å². The van der Waals surface area contributed by atoms with Gasteiger partial charge in [-0.05, 0) is 81.0 Å². The van der Waals surface area contributed by atoms with E-state index >= 15 is 0 Å². The third-order valence-electron chi connectivity index (χ3n) is 6.94. The lowest BCUT2D eigenvalue weighted by Gasteiger charge is -2.28. The van der Waals surface area contributed by atoms with E-state index in [1.165, 1.54) is 0 Å². The molecule has 0 spiro atoms. The molecule has 1 aliphatic heterocycles. The maximum atomic E-state index is 12.8. The smallest absolute Gasteiger partial charge is 0.226 e. The molecular formula is C29H31N5O2S. The molecule has 5 rings (SSSR count). The maximum Gasteiger partial charge on any atom is 0.226 e. The van der Waals surface area contributed by atoms with Crippen molar-refractivity contribution in [1.82, 2.24) is 19.8 Å². The Morgan fingerprint density at radius 3 is 2.62 bits per heavy atom. The van der Waals surface area contributed by atoms with E-state index in [-0.39, 0.29) is 18.0 Å². The Bertz CT molecular complexity index is 1380. The number of aryl methyl sites for hydroxylation is 2. The fraction of sp³-hybridized carbons (Fsp3) is 0.276. The zero-order chi connectivity index (χ0) is 25.9. The summed E-state index contributed by atoms with van der Waals surface area (Å²) in [7, 11) is 0. The summed E-state index contributed by atoms with van der Waals surface area (Å²) in [6.45, 7) is 7.40. The zero-order valence-electron chi connectivity index (χ0n) is 21.3. The van der Waals surface area contributed by atoms with Crippen molar-refractivity contribution in [2.45, 2.75) is 45.8 Å². The van der Waals surface area contributed by atoms with Crippen LogP contribution in [0.2, 0.25) is 0 Å². The van der Waals surface area contributed by atoms with E-state index in [0.717, 1.165) is 39.7 Å². The van der Waals surface area contributed by atoms with Gasteiger partial charge in [-0.15, -0.1) is 0 Å². The molecule has 8 heteroatoms. The van der Waals surface area contributed by atoms with Gasteiger partial charge in [-0.2, -0.15) is 0 Å². The number of hydrogen-bond donors (Lipinski definition) is 2. The van der Waals surface area contributed by atoms with Crippen molar-refractivity contribution < 1.29 is 9.21 Å². The lowest BCUT2D eigenvalue weighted by molar-refractivity contribution is -0.116. The van der Waals surface area contributed by atoms with Crippen molar-refractivity contribution in [1.29, 1.82) is 0 Å². The number of furan rings is 1. The van der Waals surface area contributed by atoms with E-state index in [1.807, 2.05) is 61.5 Å². The monoisotopic (exact) mass is 513 g/mol. The van der Waals surface area contributed by atoms with Crippen molar-refractivity contribution in [3.63, 3.8) is 0 Å². The van der Waals surface area contributed by atoms with Gasteiger partial charge in [0.2, 0.25) is 5.91 Å². The summed E-state index contributed by atoms with van der Waals surface area (Å²) in [5.41, 5.74) is 6.30. The highest BCUT2D eigenvalue weighted by Crippen LogP contribution is 2.41. The normalized spacial score (nSPS) is 17.2. The Kier molecular flexibility index (Phi) is 7.10. The molecule has 1 aromatic carbocycles. The number of nitrogens with zero attached hydrogens (tertiary/aromatic N) is 3. The number of hydrogen-bond acceptors (Lipinski definition) is 4. The van der Waals surface area contributed by atoms with Crippen LogP contribution in [0, 0.1) is 20.8 Å². The number of rotatable bonds is 8. The van der Waals surface area contributed by atoms with E-state index in [1.54, 1.807) is 12.5 Å². The molecule has 0 bridgehead atoms. The SMILES string of the molecule is Cc1ccc(NC(=O)CCN2C(=S)N[C@@H](c3ccccn3)[C@@H]2c2cc(C)n(Cc3ccco3)c2C)cc1. The van der Waals surface area contributed by atoms with Crippen LogP contribution in [0.1, 0.15) is 52.5 Å². The first-order chi connectivity index (χ1) is 17.9. The lowest BCUT2D eigenvalue weighted by Crippen LogP contribution is -2.32. The largest absolute Gasteiger partial charge is 0.467 e. The van der Waals surface area contributed by atoms with Gasteiger partial charge in [0, 0.05) is 36.2 Å². The number of nitrogens with one attached hydrogen (secondary N) is 2. The van der Waals surface area contributed by atoms with Crippen molar-refractivity contribution in [3.05, 3.63) is 107 Å². The van der Waals surface area contributed by atoms with E-state index < -0.39 is 0 Å². The third-order valence-corrected chi connectivity index (χ3v) is 7.29. The first-order valence-electron chi connectivity index (χ1n) is 12.4. The molecule has 3 aromatic heterocycles. The molecule has 1 saturated heterocycles. The number of thiocarbonyl (C=S) groups is 1. The number of benzene rings is 1. The van der Waals surface area contributed by atoms with Gasteiger partial charge >= 0.3 is 0 Å². The molecule has 2 atom stereocenters. The molecule has 37 heavy (non-hydrogen) atoms. The van der Waals surface area contributed by atoms with Gasteiger partial charge in [-0.25, -0.2) is 0 Å². The lowest BCUT2D eigenvalue weighted by atomic mass is 9.96. The molecule has 0 unspecified atom stereocenters.